The maximum absolute atomic E-state index is 9.50. The van der Waals surface area contributed by atoms with Crippen molar-refractivity contribution in [2.24, 2.45) is 0 Å². The minimum atomic E-state index is 0.0126. The molecule has 0 aliphatic heterocycles. The monoisotopic (exact) mass is 680 g/mol. The molecule has 0 amide bonds. The highest BCUT2D eigenvalue weighted by Gasteiger charge is 2.14. The third kappa shape index (κ3) is 9.84. The molecule has 0 fully saturated rings. The van der Waals surface area contributed by atoms with Crippen LogP contribution >= 0.6 is 11.3 Å². The van der Waals surface area contributed by atoms with Gasteiger partial charge in [-0.15, -0.1) is 11.3 Å². The molecule has 50 heavy (non-hydrogen) atoms. The number of aromatic nitrogens is 1. The van der Waals surface area contributed by atoms with Crippen LogP contribution in [0.15, 0.2) is 103 Å². The third-order valence-corrected chi connectivity index (χ3v) is 9.33. The van der Waals surface area contributed by atoms with Gasteiger partial charge in [-0.2, -0.15) is 10.5 Å². The van der Waals surface area contributed by atoms with Crippen molar-refractivity contribution in [3.8, 4) is 34.9 Å². The van der Waals surface area contributed by atoms with Crippen LogP contribution in [0.1, 0.15) is 70.8 Å². The average molecular weight is 681 g/mol. The van der Waals surface area contributed by atoms with E-state index in [2.05, 4.69) is 73.4 Å². The zero-order valence-corrected chi connectivity index (χ0v) is 29.8. The van der Waals surface area contributed by atoms with E-state index in [1.54, 1.807) is 0 Å². The van der Waals surface area contributed by atoms with Gasteiger partial charge in [0.05, 0.1) is 23.4 Å². The van der Waals surface area contributed by atoms with Crippen LogP contribution < -0.4 is 23.6 Å². The van der Waals surface area contributed by atoms with Crippen LogP contribution in [0.25, 0.3) is 22.9 Å². The molecule has 7 heteroatoms. The van der Waals surface area contributed by atoms with Gasteiger partial charge in [-0.1, -0.05) is 94.8 Å². The van der Waals surface area contributed by atoms with Crippen LogP contribution in [0.3, 0.4) is 0 Å². The van der Waals surface area contributed by atoms with Gasteiger partial charge in [0.15, 0.2) is 5.57 Å². The molecule has 0 bridgehead atoms. The van der Waals surface area contributed by atoms with E-state index in [1.165, 1.54) is 49.9 Å². The Morgan fingerprint density at radius 2 is 1.16 bits per heavy atom. The first-order valence-corrected chi connectivity index (χ1v) is 18.4. The number of hydrogen-bond acceptors (Lipinski definition) is 7. The molecule has 254 valence electrons. The summed E-state index contributed by atoms with van der Waals surface area (Å²) < 4.78 is 13.4. The Labute approximate surface area is 300 Å². The molecule has 0 aliphatic rings. The van der Waals surface area contributed by atoms with Crippen molar-refractivity contribution >= 4 is 40.0 Å². The van der Waals surface area contributed by atoms with Gasteiger partial charge in [0.2, 0.25) is 0 Å². The first kappa shape index (κ1) is 35.9. The Balaban J connectivity index is 1.45. The highest BCUT2D eigenvalue weighted by Crippen LogP contribution is 2.36. The Bertz CT molecular complexity index is 1920. The molecular weight excluding hydrogens is 637 g/mol. The number of thiazole rings is 1. The van der Waals surface area contributed by atoms with Crippen molar-refractivity contribution in [2.45, 2.75) is 65.2 Å². The predicted molar refractivity (Wildman–Crippen MR) is 205 cm³/mol. The fourth-order valence-electron chi connectivity index (χ4n) is 5.60. The van der Waals surface area contributed by atoms with E-state index in [0.717, 1.165) is 76.0 Å². The molecule has 0 saturated heterocycles. The molecule has 0 radical (unpaired) electrons. The van der Waals surface area contributed by atoms with E-state index in [9.17, 15) is 10.5 Å². The van der Waals surface area contributed by atoms with Crippen molar-refractivity contribution in [2.75, 3.05) is 18.1 Å². The molecule has 0 aliphatic carbocycles. The standard InChI is InChI=1S/C43H44N4O2S/c1-3-5-7-12-28-48-39-24-20-37(21-25-39)47(38-22-26-40(27-23-38)49-29-13-8-6-4-2)36-18-16-33(17-19-36)30-41-42(34-14-10-9-11-15-34)46-43(50-41)35(31-44)32-45/h9-11,14-27,30H,3-8,12-13,28-29H2,1-2H3/b41-30-. The highest BCUT2D eigenvalue weighted by atomic mass is 32.1. The Morgan fingerprint density at radius 1 is 0.660 bits per heavy atom. The Kier molecular flexibility index (Phi) is 13.6. The van der Waals surface area contributed by atoms with Gasteiger partial charge in [-0.05, 0) is 85.1 Å². The number of benzene rings is 4. The largest absolute Gasteiger partial charge is 0.494 e. The van der Waals surface area contributed by atoms with E-state index < -0.39 is 0 Å². The minimum absolute atomic E-state index is 0.0126. The molecule has 0 spiro atoms. The molecule has 0 saturated carbocycles. The molecule has 6 nitrogen and oxygen atoms in total. The second-order valence-corrected chi connectivity index (χ2v) is 13.1. The quantitative estimate of drug-likeness (QED) is 0.0909. The van der Waals surface area contributed by atoms with E-state index in [-0.39, 0.29) is 5.57 Å². The Hall–Kier alpha value is -5.37. The van der Waals surface area contributed by atoms with E-state index in [1.807, 2.05) is 66.7 Å². The van der Waals surface area contributed by atoms with Crippen LogP contribution in [0, 0.1) is 22.7 Å². The molecule has 0 atom stereocenters. The summed E-state index contributed by atoms with van der Waals surface area (Å²) in [6.07, 6.45) is 11.4. The second-order valence-electron chi connectivity index (χ2n) is 12.1. The summed E-state index contributed by atoms with van der Waals surface area (Å²) in [6.45, 7) is 5.88. The van der Waals surface area contributed by atoms with Gasteiger partial charge < -0.3 is 14.4 Å². The Morgan fingerprint density at radius 3 is 1.64 bits per heavy atom. The zero-order valence-electron chi connectivity index (χ0n) is 29.0. The third-order valence-electron chi connectivity index (χ3n) is 8.31. The molecule has 0 unspecified atom stereocenters. The van der Waals surface area contributed by atoms with Crippen molar-refractivity contribution in [1.82, 2.24) is 4.98 Å². The summed E-state index contributed by atoms with van der Waals surface area (Å²) in [7, 11) is 0. The number of rotatable bonds is 17. The fraction of sp³-hybridized carbons (Fsp3) is 0.279. The number of hydrogen-bond donors (Lipinski definition) is 0. The van der Waals surface area contributed by atoms with Gasteiger partial charge in [-0.3, -0.25) is 0 Å². The second kappa shape index (κ2) is 19.0. The zero-order chi connectivity index (χ0) is 35.0. The van der Waals surface area contributed by atoms with Crippen molar-refractivity contribution in [1.29, 1.82) is 10.5 Å². The van der Waals surface area contributed by atoms with Crippen molar-refractivity contribution in [3.05, 3.63) is 118 Å². The van der Waals surface area contributed by atoms with Crippen LogP contribution in [-0.2, 0) is 0 Å². The highest BCUT2D eigenvalue weighted by molar-refractivity contribution is 7.08. The number of anilines is 3. The summed E-state index contributed by atoms with van der Waals surface area (Å²) in [4.78, 5) is 6.92. The maximum Gasteiger partial charge on any atom is 0.165 e. The van der Waals surface area contributed by atoms with Gasteiger partial charge in [-0.25, -0.2) is 4.98 Å². The lowest BCUT2D eigenvalue weighted by Gasteiger charge is -2.26. The van der Waals surface area contributed by atoms with E-state index >= 15 is 0 Å². The minimum Gasteiger partial charge on any atom is -0.494 e. The smallest absolute Gasteiger partial charge is 0.165 e. The number of ether oxygens (including phenoxy) is 2. The predicted octanol–water partition coefficient (Wildman–Crippen LogP) is 10.2. The topological polar surface area (TPSA) is 82.2 Å². The average Bonchev–Trinajstić information content (AvgIpc) is 3.57. The van der Waals surface area contributed by atoms with Crippen LogP contribution in [0.2, 0.25) is 0 Å². The molecule has 0 N–H and O–H groups in total. The normalized spacial score (nSPS) is 11.1. The van der Waals surface area contributed by atoms with Crippen LogP contribution in [0.5, 0.6) is 11.5 Å². The lowest BCUT2D eigenvalue weighted by atomic mass is 10.1. The van der Waals surface area contributed by atoms with Crippen LogP contribution in [-0.4, -0.2) is 18.2 Å². The molecule has 1 aromatic heterocycles. The summed E-state index contributed by atoms with van der Waals surface area (Å²) in [6, 6.07) is 38.7. The number of nitrogens with zero attached hydrogens (tertiary/aromatic N) is 4. The summed E-state index contributed by atoms with van der Waals surface area (Å²) in [5, 5.41) is 19.0. The molecule has 4 aromatic carbocycles. The van der Waals surface area contributed by atoms with Gasteiger partial charge in [0.1, 0.15) is 28.3 Å². The lowest BCUT2D eigenvalue weighted by Crippen LogP contribution is -2.10. The molecular formula is C43H44N4O2S. The first-order chi connectivity index (χ1) is 24.6. The van der Waals surface area contributed by atoms with E-state index in [4.69, 9.17) is 14.5 Å². The number of unbranched alkanes of at least 4 members (excludes halogenated alkanes) is 6. The lowest BCUT2D eigenvalue weighted by molar-refractivity contribution is 0.305. The maximum atomic E-state index is 9.50. The van der Waals surface area contributed by atoms with Crippen molar-refractivity contribution in [3.63, 3.8) is 0 Å². The molecule has 1 heterocycles. The van der Waals surface area contributed by atoms with Gasteiger partial charge in [0, 0.05) is 22.6 Å². The van der Waals surface area contributed by atoms with Gasteiger partial charge >= 0.3 is 0 Å². The fourth-order valence-corrected chi connectivity index (χ4v) is 6.59. The van der Waals surface area contributed by atoms with Crippen LogP contribution in [0.4, 0.5) is 17.1 Å². The number of nitriles is 2. The van der Waals surface area contributed by atoms with Crippen molar-refractivity contribution < 1.29 is 9.47 Å². The molecule has 5 aromatic rings. The SMILES string of the molecule is CCCCCCOc1ccc(N(c2ccc(/C=c3\sc(=C(C#N)C#N)nc3-c3ccccc3)cc2)c2ccc(OCCCCCC)cc2)cc1. The van der Waals surface area contributed by atoms with Gasteiger partial charge in [0.25, 0.3) is 0 Å². The summed E-state index contributed by atoms with van der Waals surface area (Å²) >= 11 is 1.35. The van der Waals surface area contributed by atoms with E-state index in [0.29, 0.717) is 4.66 Å². The summed E-state index contributed by atoms with van der Waals surface area (Å²) in [5.41, 5.74) is 5.71. The molecule has 5 rings (SSSR count). The first-order valence-electron chi connectivity index (χ1n) is 17.6. The summed E-state index contributed by atoms with van der Waals surface area (Å²) in [5.74, 6) is 1.74.